The maximum Gasteiger partial charge on any atom is 0.133 e. The molecule has 0 bridgehead atoms. The maximum atomic E-state index is 13.1. The van der Waals surface area contributed by atoms with E-state index in [9.17, 15) is 9.50 Å². The number of aliphatic hydroxyl groups excluding tert-OH is 1. The van der Waals surface area contributed by atoms with Crippen LogP contribution in [0.3, 0.4) is 0 Å². The van der Waals surface area contributed by atoms with Crippen molar-refractivity contribution in [1.82, 2.24) is 0 Å². The van der Waals surface area contributed by atoms with Crippen LogP contribution >= 0.6 is 0 Å². The Labute approximate surface area is 105 Å². The fourth-order valence-electron chi connectivity index (χ4n) is 2.29. The summed E-state index contributed by atoms with van der Waals surface area (Å²) in [6, 6.07) is 13.7. The highest BCUT2D eigenvalue weighted by Gasteiger charge is 2.29. The van der Waals surface area contributed by atoms with Crippen LogP contribution in [-0.4, -0.2) is 11.2 Å². The van der Waals surface area contributed by atoms with Crippen LogP contribution in [0, 0.1) is 5.82 Å². The van der Waals surface area contributed by atoms with Gasteiger partial charge in [0.2, 0.25) is 0 Å². The number of benzene rings is 2. The Morgan fingerprint density at radius 2 is 2.00 bits per heavy atom. The third-order valence-corrected chi connectivity index (χ3v) is 3.21. The van der Waals surface area contributed by atoms with Crippen molar-refractivity contribution >= 4 is 0 Å². The number of hydrogen-bond donors (Lipinski definition) is 1. The van der Waals surface area contributed by atoms with Gasteiger partial charge in [0.05, 0.1) is 0 Å². The van der Waals surface area contributed by atoms with Crippen LogP contribution in [0.25, 0.3) is 0 Å². The third kappa shape index (κ3) is 1.97. The summed E-state index contributed by atoms with van der Waals surface area (Å²) in [7, 11) is 0. The van der Waals surface area contributed by atoms with Crippen molar-refractivity contribution < 1.29 is 14.2 Å². The summed E-state index contributed by atoms with van der Waals surface area (Å²) in [4.78, 5) is 0. The molecule has 0 saturated carbocycles. The topological polar surface area (TPSA) is 29.5 Å². The van der Waals surface area contributed by atoms with Crippen LogP contribution in [0.4, 0.5) is 4.39 Å². The molecular formula is C15H13FO2. The zero-order valence-corrected chi connectivity index (χ0v) is 9.71. The first-order valence-electron chi connectivity index (χ1n) is 5.92. The second-order valence-electron chi connectivity index (χ2n) is 4.47. The molecule has 3 heteroatoms. The van der Waals surface area contributed by atoms with Crippen LogP contribution < -0.4 is 4.74 Å². The van der Waals surface area contributed by atoms with E-state index >= 15 is 0 Å². The zero-order chi connectivity index (χ0) is 12.5. The molecule has 0 amide bonds. The molecule has 2 aromatic carbocycles. The van der Waals surface area contributed by atoms with Gasteiger partial charge >= 0.3 is 0 Å². The van der Waals surface area contributed by atoms with Gasteiger partial charge in [-0.05, 0) is 29.3 Å². The van der Waals surface area contributed by atoms with E-state index in [1.807, 2.05) is 24.3 Å². The second kappa shape index (κ2) is 4.42. The highest BCUT2D eigenvalue weighted by atomic mass is 19.1. The van der Waals surface area contributed by atoms with E-state index in [1.54, 1.807) is 12.1 Å². The molecule has 1 N–H and O–H groups in total. The van der Waals surface area contributed by atoms with Gasteiger partial charge in [-0.15, -0.1) is 0 Å². The average molecular weight is 244 g/mol. The van der Waals surface area contributed by atoms with E-state index in [1.165, 1.54) is 12.1 Å². The summed E-state index contributed by atoms with van der Waals surface area (Å²) in [5, 5.41) is 10.2. The lowest BCUT2D eigenvalue weighted by Crippen LogP contribution is -2.23. The van der Waals surface area contributed by atoms with Crippen molar-refractivity contribution in [2.75, 3.05) is 0 Å². The minimum atomic E-state index is -0.812. The molecule has 0 aromatic heterocycles. The molecule has 0 fully saturated rings. The van der Waals surface area contributed by atoms with Crippen LogP contribution in [0.5, 0.6) is 5.75 Å². The summed E-state index contributed by atoms with van der Waals surface area (Å²) >= 11 is 0. The fourth-order valence-corrected chi connectivity index (χ4v) is 2.29. The SMILES string of the molecule is OC(c1cccc(F)c1)C1Cc2ccccc2O1. The summed E-state index contributed by atoms with van der Waals surface area (Å²) in [5.74, 6) is 0.458. The van der Waals surface area contributed by atoms with E-state index in [-0.39, 0.29) is 11.9 Å². The van der Waals surface area contributed by atoms with Crippen molar-refractivity contribution in [3.8, 4) is 5.75 Å². The van der Waals surface area contributed by atoms with E-state index < -0.39 is 6.10 Å². The molecule has 0 radical (unpaired) electrons. The molecule has 2 atom stereocenters. The molecule has 3 rings (SSSR count). The standard InChI is InChI=1S/C15H13FO2/c16-12-6-3-5-11(8-12)15(17)14-9-10-4-1-2-7-13(10)18-14/h1-8,14-15,17H,9H2. The number of rotatable bonds is 2. The van der Waals surface area contributed by atoms with Gasteiger partial charge in [0, 0.05) is 6.42 Å². The van der Waals surface area contributed by atoms with E-state index in [0.717, 1.165) is 11.3 Å². The lowest BCUT2D eigenvalue weighted by Gasteiger charge is -2.18. The molecule has 2 aromatic rings. The Bertz CT molecular complexity index is 543. The minimum Gasteiger partial charge on any atom is -0.487 e. The van der Waals surface area contributed by atoms with Gasteiger partial charge in [-0.3, -0.25) is 0 Å². The molecule has 18 heavy (non-hydrogen) atoms. The molecule has 0 saturated heterocycles. The second-order valence-corrected chi connectivity index (χ2v) is 4.47. The Morgan fingerprint density at radius 1 is 1.17 bits per heavy atom. The van der Waals surface area contributed by atoms with Gasteiger partial charge in [-0.2, -0.15) is 0 Å². The Hall–Kier alpha value is -1.87. The normalized spacial score (nSPS) is 19.1. The van der Waals surface area contributed by atoms with Crippen LogP contribution in [0.1, 0.15) is 17.2 Å². The van der Waals surface area contributed by atoms with E-state index in [0.29, 0.717) is 12.0 Å². The first-order valence-corrected chi connectivity index (χ1v) is 5.92. The number of hydrogen-bond acceptors (Lipinski definition) is 2. The Balaban J connectivity index is 1.82. The van der Waals surface area contributed by atoms with Crippen molar-refractivity contribution in [2.24, 2.45) is 0 Å². The first kappa shape index (κ1) is 11.2. The zero-order valence-electron chi connectivity index (χ0n) is 9.71. The largest absolute Gasteiger partial charge is 0.487 e. The summed E-state index contributed by atoms with van der Waals surface area (Å²) < 4.78 is 18.8. The van der Waals surface area contributed by atoms with Crippen LogP contribution in [0.2, 0.25) is 0 Å². The predicted octanol–water partition coefficient (Wildman–Crippen LogP) is 2.86. The predicted molar refractivity (Wildman–Crippen MR) is 65.9 cm³/mol. The van der Waals surface area contributed by atoms with Crippen molar-refractivity contribution in [1.29, 1.82) is 0 Å². The van der Waals surface area contributed by atoms with Gasteiger partial charge in [0.15, 0.2) is 0 Å². The monoisotopic (exact) mass is 244 g/mol. The number of aliphatic hydroxyl groups is 1. The molecule has 92 valence electrons. The summed E-state index contributed by atoms with van der Waals surface area (Å²) in [6.07, 6.45) is -0.509. The quantitative estimate of drug-likeness (QED) is 0.880. The van der Waals surface area contributed by atoms with Crippen molar-refractivity contribution in [3.63, 3.8) is 0 Å². The number of fused-ring (bicyclic) bond motifs is 1. The van der Waals surface area contributed by atoms with Crippen molar-refractivity contribution in [2.45, 2.75) is 18.6 Å². The van der Waals surface area contributed by atoms with E-state index in [2.05, 4.69) is 0 Å². The fraction of sp³-hybridized carbons (Fsp3) is 0.200. The summed E-state index contributed by atoms with van der Waals surface area (Å²) in [5.41, 5.74) is 1.63. The summed E-state index contributed by atoms with van der Waals surface area (Å²) in [6.45, 7) is 0. The number of para-hydroxylation sites is 1. The van der Waals surface area contributed by atoms with Gasteiger partial charge in [0.1, 0.15) is 23.8 Å². The first-order chi connectivity index (χ1) is 8.74. The molecule has 0 spiro atoms. The van der Waals surface area contributed by atoms with Gasteiger partial charge in [0.25, 0.3) is 0 Å². The van der Waals surface area contributed by atoms with Crippen LogP contribution in [0.15, 0.2) is 48.5 Å². The lowest BCUT2D eigenvalue weighted by molar-refractivity contribution is 0.0490. The minimum absolute atomic E-state index is 0.343. The van der Waals surface area contributed by atoms with Crippen LogP contribution in [-0.2, 0) is 6.42 Å². The highest BCUT2D eigenvalue weighted by Crippen LogP contribution is 2.33. The lowest BCUT2D eigenvalue weighted by atomic mass is 10.0. The van der Waals surface area contributed by atoms with Gasteiger partial charge in [-0.25, -0.2) is 4.39 Å². The van der Waals surface area contributed by atoms with Gasteiger partial charge in [-0.1, -0.05) is 30.3 Å². The van der Waals surface area contributed by atoms with E-state index in [4.69, 9.17) is 4.74 Å². The van der Waals surface area contributed by atoms with Gasteiger partial charge < -0.3 is 9.84 Å². The molecular weight excluding hydrogens is 231 g/mol. The molecule has 0 aliphatic carbocycles. The molecule has 2 unspecified atom stereocenters. The number of ether oxygens (including phenoxy) is 1. The Kier molecular flexibility index (Phi) is 2.76. The average Bonchev–Trinajstić information content (AvgIpc) is 2.81. The van der Waals surface area contributed by atoms with Crippen molar-refractivity contribution in [3.05, 3.63) is 65.5 Å². The molecule has 1 aliphatic heterocycles. The third-order valence-electron chi connectivity index (χ3n) is 3.21. The maximum absolute atomic E-state index is 13.1. The smallest absolute Gasteiger partial charge is 0.133 e. The molecule has 2 nitrogen and oxygen atoms in total. The Morgan fingerprint density at radius 3 is 2.78 bits per heavy atom. The highest BCUT2D eigenvalue weighted by molar-refractivity contribution is 5.38. The molecule has 1 heterocycles. The molecule has 1 aliphatic rings. The number of halogens is 1.